The average Bonchev–Trinajstić information content (AvgIpc) is 3.39. The molecule has 2 fully saturated rings. The maximum Gasteiger partial charge on any atom is 0.424 e. The van der Waals surface area contributed by atoms with Gasteiger partial charge in [0.15, 0.2) is 23.6 Å². The van der Waals surface area contributed by atoms with E-state index in [2.05, 4.69) is 16.9 Å². The first kappa shape index (κ1) is 18.7. The molecular formula is C20H21F5O2. The fourth-order valence-electron chi connectivity index (χ4n) is 4.32. The Kier molecular flexibility index (Phi) is 4.69. The van der Waals surface area contributed by atoms with Crippen LogP contribution in [0.2, 0.25) is 0 Å². The molecule has 3 aliphatic rings. The quantitative estimate of drug-likeness (QED) is 0.379. The second-order valence-corrected chi connectivity index (χ2v) is 7.93. The Morgan fingerprint density at radius 2 is 1.56 bits per heavy atom. The number of rotatable bonds is 4. The molecule has 0 bridgehead atoms. The average molecular weight is 388 g/mol. The number of alkyl halides is 2. The molecule has 0 aromatic heterocycles. The summed E-state index contributed by atoms with van der Waals surface area (Å²) in [5.41, 5.74) is 0.342. The van der Waals surface area contributed by atoms with Crippen molar-refractivity contribution >= 4 is 0 Å². The molecule has 2 aliphatic carbocycles. The normalized spacial score (nSPS) is 27.7. The molecule has 2 nitrogen and oxygen atoms in total. The highest BCUT2D eigenvalue weighted by Crippen LogP contribution is 2.51. The Morgan fingerprint density at radius 1 is 0.926 bits per heavy atom. The molecule has 0 amide bonds. The summed E-state index contributed by atoms with van der Waals surface area (Å²) in [5, 5.41) is 0. The Hall–Kier alpha value is -1.63. The van der Waals surface area contributed by atoms with Crippen LogP contribution in [-0.2, 0) is 4.74 Å². The van der Waals surface area contributed by atoms with Crippen molar-refractivity contribution in [2.75, 3.05) is 6.61 Å². The highest BCUT2D eigenvalue weighted by molar-refractivity contribution is 5.27. The van der Waals surface area contributed by atoms with Crippen LogP contribution in [0.25, 0.3) is 0 Å². The molecule has 1 saturated carbocycles. The van der Waals surface area contributed by atoms with E-state index >= 15 is 0 Å². The molecular weight excluding hydrogens is 367 g/mol. The summed E-state index contributed by atoms with van der Waals surface area (Å²) in [6.45, 7) is 0.223. The molecule has 1 aliphatic heterocycles. The van der Waals surface area contributed by atoms with Gasteiger partial charge in [0.1, 0.15) is 5.75 Å². The second-order valence-electron chi connectivity index (χ2n) is 7.93. The predicted octanol–water partition coefficient (Wildman–Crippen LogP) is 5.62. The van der Waals surface area contributed by atoms with Crippen molar-refractivity contribution in [1.29, 1.82) is 0 Å². The maximum atomic E-state index is 14.3. The lowest BCUT2D eigenvalue weighted by Gasteiger charge is -2.39. The van der Waals surface area contributed by atoms with E-state index in [1.165, 1.54) is 0 Å². The lowest BCUT2D eigenvalue weighted by atomic mass is 9.72. The van der Waals surface area contributed by atoms with Gasteiger partial charge in [-0.25, -0.2) is 13.2 Å². The third-order valence-electron chi connectivity index (χ3n) is 6.16. The fraction of sp³-hybridized carbons (Fsp3) is 0.600. The van der Waals surface area contributed by atoms with Crippen LogP contribution in [0.4, 0.5) is 22.0 Å². The number of hydrogen-bond acceptors (Lipinski definition) is 2. The minimum Gasteiger partial charge on any atom is -0.430 e. The fourth-order valence-corrected chi connectivity index (χ4v) is 4.32. The molecule has 1 heterocycles. The summed E-state index contributed by atoms with van der Waals surface area (Å²) in [5.74, 6) is -4.92. The molecule has 1 spiro atoms. The highest BCUT2D eigenvalue weighted by Gasteiger charge is 2.47. The van der Waals surface area contributed by atoms with E-state index in [0.717, 1.165) is 25.7 Å². The minimum absolute atomic E-state index is 0.101. The summed E-state index contributed by atoms with van der Waals surface area (Å²) >= 11 is 0. The van der Waals surface area contributed by atoms with Crippen LogP contribution < -0.4 is 4.74 Å². The summed E-state index contributed by atoms with van der Waals surface area (Å²) in [7, 11) is 0. The summed E-state index contributed by atoms with van der Waals surface area (Å²) in [6, 6.07) is 0.809. The van der Waals surface area contributed by atoms with Crippen molar-refractivity contribution in [3.05, 3.63) is 41.7 Å². The number of benzene rings is 1. The van der Waals surface area contributed by atoms with Gasteiger partial charge in [0.05, 0.1) is 6.61 Å². The summed E-state index contributed by atoms with van der Waals surface area (Å²) in [4.78, 5) is 0. The lowest BCUT2D eigenvalue weighted by Crippen LogP contribution is -2.45. The zero-order valence-corrected chi connectivity index (χ0v) is 14.7. The smallest absolute Gasteiger partial charge is 0.424 e. The standard InChI is InChI=1S/C20H21F5O2/c21-15-9-14(10-16(22)18(15)23)27-20(24,25)17-2-1-13(11-26-17)12-3-5-19(6-4-12)7-8-19/h7-10,12-13,17H,1-6,11H2. The van der Waals surface area contributed by atoms with Gasteiger partial charge in [-0.2, -0.15) is 8.78 Å². The van der Waals surface area contributed by atoms with Crippen LogP contribution in [-0.4, -0.2) is 18.8 Å². The first-order valence-electron chi connectivity index (χ1n) is 9.31. The second kappa shape index (κ2) is 6.76. The zero-order valence-electron chi connectivity index (χ0n) is 14.7. The molecule has 1 saturated heterocycles. The van der Waals surface area contributed by atoms with E-state index in [4.69, 9.17) is 4.74 Å². The van der Waals surface area contributed by atoms with Crippen molar-refractivity contribution in [1.82, 2.24) is 0 Å². The molecule has 4 rings (SSSR count). The van der Waals surface area contributed by atoms with E-state index in [-0.39, 0.29) is 18.9 Å². The highest BCUT2D eigenvalue weighted by atomic mass is 19.3. The molecule has 2 atom stereocenters. The maximum absolute atomic E-state index is 14.3. The molecule has 148 valence electrons. The van der Waals surface area contributed by atoms with Crippen molar-refractivity contribution < 1.29 is 31.4 Å². The van der Waals surface area contributed by atoms with Gasteiger partial charge in [-0.05, 0) is 50.4 Å². The molecule has 1 aromatic carbocycles. The minimum atomic E-state index is -3.75. The number of hydrogen-bond donors (Lipinski definition) is 0. The molecule has 27 heavy (non-hydrogen) atoms. The van der Waals surface area contributed by atoms with Crippen LogP contribution in [0.5, 0.6) is 5.75 Å². The lowest BCUT2D eigenvalue weighted by molar-refractivity contribution is -0.266. The topological polar surface area (TPSA) is 18.5 Å². The monoisotopic (exact) mass is 388 g/mol. The predicted molar refractivity (Wildman–Crippen MR) is 87.9 cm³/mol. The van der Waals surface area contributed by atoms with E-state index in [1.807, 2.05) is 0 Å². The Morgan fingerprint density at radius 3 is 2.07 bits per heavy atom. The third kappa shape index (κ3) is 3.84. The van der Waals surface area contributed by atoms with E-state index in [9.17, 15) is 22.0 Å². The first-order chi connectivity index (χ1) is 12.8. The largest absolute Gasteiger partial charge is 0.430 e. The van der Waals surface area contributed by atoms with Crippen LogP contribution in [0.3, 0.4) is 0 Å². The van der Waals surface area contributed by atoms with Crippen LogP contribution in [0.1, 0.15) is 38.5 Å². The Balaban J connectivity index is 1.32. The van der Waals surface area contributed by atoms with Gasteiger partial charge in [0.2, 0.25) is 0 Å². The van der Waals surface area contributed by atoms with Crippen molar-refractivity contribution in [3.8, 4) is 5.75 Å². The SMILES string of the molecule is Fc1cc(OC(F)(F)C2CCC(C3CCC4(C=C4)CC3)CO2)cc(F)c1F. The van der Waals surface area contributed by atoms with E-state index < -0.39 is 35.4 Å². The summed E-state index contributed by atoms with van der Waals surface area (Å²) in [6.07, 6.45) is 4.34. The molecule has 1 aromatic rings. The van der Waals surface area contributed by atoms with Crippen LogP contribution in [0, 0.1) is 34.7 Å². The third-order valence-corrected chi connectivity index (χ3v) is 6.16. The first-order valence-corrected chi connectivity index (χ1v) is 9.31. The van der Waals surface area contributed by atoms with Gasteiger partial charge in [-0.1, -0.05) is 12.2 Å². The van der Waals surface area contributed by atoms with Gasteiger partial charge in [0.25, 0.3) is 0 Å². The number of allylic oxidation sites excluding steroid dienone is 2. The van der Waals surface area contributed by atoms with Gasteiger partial charge < -0.3 is 9.47 Å². The zero-order chi connectivity index (χ0) is 19.2. The van der Waals surface area contributed by atoms with Crippen molar-refractivity contribution in [2.45, 2.75) is 50.7 Å². The van der Waals surface area contributed by atoms with E-state index in [0.29, 0.717) is 29.9 Å². The van der Waals surface area contributed by atoms with Crippen molar-refractivity contribution in [2.24, 2.45) is 17.3 Å². The number of ether oxygens (including phenoxy) is 2. The van der Waals surface area contributed by atoms with Gasteiger partial charge >= 0.3 is 6.11 Å². The van der Waals surface area contributed by atoms with Crippen molar-refractivity contribution in [3.63, 3.8) is 0 Å². The van der Waals surface area contributed by atoms with Crippen LogP contribution in [0.15, 0.2) is 24.3 Å². The summed E-state index contributed by atoms with van der Waals surface area (Å²) < 4.78 is 77.9. The van der Waals surface area contributed by atoms with Crippen LogP contribution >= 0.6 is 0 Å². The Labute approximate surface area is 154 Å². The molecule has 2 unspecified atom stereocenters. The molecule has 0 radical (unpaired) electrons. The Bertz CT molecular complexity index is 701. The molecule has 0 N–H and O–H groups in total. The number of halogens is 5. The van der Waals surface area contributed by atoms with Gasteiger partial charge in [-0.3, -0.25) is 0 Å². The van der Waals surface area contributed by atoms with Gasteiger partial charge in [-0.15, -0.1) is 0 Å². The van der Waals surface area contributed by atoms with E-state index in [1.54, 1.807) is 0 Å². The van der Waals surface area contributed by atoms with Gasteiger partial charge in [0, 0.05) is 17.5 Å². The molecule has 7 heteroatoms.